The maximum atomic E-state index is 12.5. The van der Waals surface area contributed by atoms with Crippen molar-refractivity contribution >= 4 is 5.91 Å². The molecule has 1 fully saturated rings. The van der Waals surface area contributed by atoms with Crippen molar-refractivity contribution in [1.82, 2.24) is 10.2 Å². The highest BCUT2D eigenvalue weighted by Crippen LogP contribution is 2.38. The zero-order valence-corrected chi connectivity index (χ0v) is 18.6. The molecule has 0 bridgehead atoms. The molecule has 0 unspecified atom stereocenters. The predicted molar refractivity (Wildman–Crippen MR) is 119 cm³/mol. The number of hydrogen-bond acceptors (Lipinski definition) is 6. The third kappa shape index (κ3) is 6.35. The normalized spacial score (nSPS) is 14.2. The Balaban J connectivity index is 1.55. The second-order valence-corrected chi connectivity index (χ2v) is 7.47. The molecule has 0 aromatic heterocycles. The Bertz CT molecular complexity index is 840. The van der Waals surface area contributed by atoms with Crippen molar-refractivity contribution in [3.8, 4) is 17.2 Å². The van der Waals surface area contributed by atoms with E-state index in [0.29, 0.717) is 36.6 Å². The van der Waals surface area contributed by atoms with Crippen LogP contribution in [0.25, 0.3) is 0 Å². The molecule has 2 aromatic rings. The number of rotatable bonds is 10. The average molecular weight is 429 g/mol. The van der Waals surface area contributed by atoms with Crippen LogP contribution in [0.5, 0.6) is 17.2 Å². The van der Waals surface area contributed by atoms with Gasteiger partial charge in [0, 0.05) is 32.6 Å². The van der Waals surface area contributed by atoms with Crippen molar-refractivity contribution in [2.75, 3.05) is 47.6 Å². The minimum Gasteiger partial charge on any atom is -0.493 e. The molecule has 1 saturated heterocycles. The quantitative estimate of drug-likeness (QED) is 0.628. The van der Waals surface area contributed by atoms with E-state index >= 15 is 0 Å². The van der Waals surface area contributed by atoms with Crippen LogP contribution in [0.3, 0.4) is 0 Å². The van der Waals surface area contributed by atoms with Crippen LogP contribution in [-0.4, -0.2) is 58.4 Å². The third-order valence-electron chi connectivity index (χ3n) is 5.46. The number of hydrogen-bond donors (Lipinski definition) is 1. The lowest BCUT2D eigenvalue weighted by Gasteiger charge is -2.27. The van der Waals surface area contributed by atoms with Crippen molar-refractivity contribution in [3.05, 3.63) is 53.1 Å². The van der Waals surface area contributed by atoms with Gasteiger partial charge in [0.15, 0.2) is 11.5 Å². The Labute approximate surface area is 184 Å². The van der Waals surface area contributed by atoms with Crippen LogP contribution in [0.2, 0.25) is 0 Å². The van der Waals surface area contributed by atoms with Gasteiger partial charge in [0.2, 0.25) is 11.7 Å². The van der Waals surface area contributed by atoms with Gasteiger partial charge in [-0.1, -0.05) is 24.3 Å². The Morgan fingerprint density at radius 2 is 1.65 bits per heavy atom. The van der Waals surface area contributed by atoms with E-state index in [4.69, 9.17) is 18.9 Å². The molecule has 0 aliphatic carbocycles. The molecule has 7 heteroatoms. The van der Waals surface area contributed by atoms with Crippen molar-refractivity contribution in [1.29, 1.82) is 0 Å². The third-order valence-corrected chi connectivity index (χ3v) is 5.46. The fraction of sp³-hybridized carbons (Fsp3) is 0.458. The molecule has 1 aliphatic rings. The van der Waals surface area contributed by atoms with Crippen molar-refractivity contribution in [2.45, 2.75) is 25.9 Å². The van der Waals surface area contributed by atoms with Crippen molar-refractivity contribution < 1.29 is 23.7 Å². The SMILES string of the molecule is COc1cc(CCC(=O)NCc2ccccc2CN2CCOCC2)cc(OC)c1OC. The second kappa shape index (κ2) is 11.6. The lowest BCUT2D eigenvalue weighted by atomic mass is 10.1. The van der Waals surface area contributed by atoms with E-state index in [-0.39, 0.29) is 5.91 Å². The van der Waals surface area contributed by atoms with Crippen LogP contribution < -0.4 is 19.5 Å². The highest BCUT2D eigenvalue weighted by molar-refractivity contribution is 5.76. The van der Waals surface area contributed by atoms with Crippen LogP contribution in [0, 0.1) is 0 Å². The minimum absolute atomic E-state index is 0.00919. The number of methoxy groups -OCH3 is 3. The number of carbonyl (C=O) groups excluding carboxylic acids is 1. The number of amides is 1. The molecule has 0 spiro atoms. The van der Waals surface area contributed by atoms with E-state index in [0.717, 1.165) is 44.0 Å². The maximum absolute atomic E-state index is 12.5. The molecule has 1 amide bonds. The van der Waals surface area contributed by atoms with Crippen LogP contribution >= 0.6 is 0 Å². The summed E-state index contributed by atoms with van der Waals surface area (Å²) in [4.78, 5) is 14.9. The van der Waals surface area contributed by atoms with E-state index in [9.17, 15) is 4.79 Å². The molecule has 0 atom stereocenters. The molecular weight excluding hydrogens is 396 g/mol. The summed E-state index contributed by atoms with van der Waals surface area (Å²) in [6.07, 6.45) is 0.961. The van der Waals surface area contributed by atoms with E-state index in [1.807, 2.05) is 24.3 Å². The summed E-state index contributed by atoms with van der Waals surface area (Å²) in [5.41, 5.74) is 3.35. The number of morpholine rings is 1. The first-order chi connectivity index (χ1) is 15.1. The lowest BCUT2D eigenvalue weighted by Crippen LogP contribution is -2.36. The van der Waals surface area contributed by atoms with Crippen molar-refractivity contribution in [3.63, 3.8) is 0 Å². The summed E-state index contributed by atoms with van der Waals surface area (Å²) >= 11 is 0. The predicted octanol–water partition coefficient (Wildman–Crippen LogP) is 2.79. The van der Waals surface area contributed by atoms with Crippen molar-refractivity contribution in [2.24, 2.45) is 0 Å². The molecule has 168 valence electrons. The van der Waals surface area contributed by atoms with Crippen LogP contribution in [0.4, 0.5) is 0 Å². The Kier molecular flexibility index (Phi) is 8.55. The van der Waals surface area contributed by atoms with E-state index < -0.39 is 0 Å². The fourth-order valence-corrected chi connectivity index (χ4v) is 3.70. The molecule has 1 N–H and O–H groups in total. The molecule has 2 aromatic carbocycles. The molecule has 31 heavy (non-hydrogen) atoms. The van der Waals surface area contributed by atoms with Crippen LogP contribution in [-0.2, 0) is 29.0 Å². The zero-order valence-electron chi connectivity index (χ0n) is 18.6. The van der Waals surface area contributed by atoms with Gasteiger partial charge in [-0.3, -0.25) is 9.69 Å². The highest BCUT2D eigenvalue weighted by atomic mass is 16.5. The first-order valence-electron chi connectivity index (χ1n) is 10.6. The van der Waals surface area contributed by atoms with Gasteiger partial charge >= 0.3 is 0 Å². The van der Waals surface area contributed by atoms with E-state index in [1.165, 1.54) is 5.56 Å². The number of benzene rings is 2. The first-order valence-corrected chi connectivity index (χ1v) is 10.6. The number of ether oxygens (including phenoxy) is 4. The summed E-state index contributed by atoms with van der Waals surface area (Å²) in [6.45, 7) is 4.83. The number of nitrogens with zero attached hydrogens (tertiary/aromatic N) is 1. The molecule has 3 rings (SSSR count). The standard InChI is InChI=1S/C24H32N2O5/c1-28-21-14-18(15-22(29-2)24(21)30-3)8-9-23(27)25-16-19-6-4-5-7-20(19)17-26-10-12-31-13-11-26/h4-7,14-15H,8-13,16-17H2,1-3H3,(H,25,27). The Morgan fingerprint density at radius 3 is 2.26 bits per heavy atom. The molecular formula is C24H32N2O5. The number of aryl methyl sites for hydroxylation is 1. The lowest BCUT2D eigenvalue weighted by molar-refractivity contribution is -0.121. The van der Waals surface area contributed by atoms with Gasteiger partial charge in [-0.05, 0) is 35.2 Å². The van der Waals surface area contributed by atoms with Gasteiger partial charge in [-0.2, -0.15) is 0 Å². The first kappa shape index (κ1) is 22.9. The van der Waals surface area contributed by atoms with Gasteiger partial charge in [-0.25, -0.2) is 0 Å². The second-order valence-electron chi connectivity index (χ2n) is 7.47. The highest BCUT2D eigenvalue weighted by Gasteiger charge is 2.15. The number of nitrogens with one attached hydrogen (secondary N) is 1. The largest absolute Gasteiger partial charge is 0.493 e. The van der Waals surface area contributed by atoms with Gasteiger partial charge < -0.3 is 24.3 Å². The Hall–Kier alpha value is -2.77. The zero-order chi connectivity index (χ0) is 22.1. The summed E-state index contributed by atoms with van der Waals surface area (Å²) in [5, 5.41) is 3.06. The molecule has 1 aliphatic heterocycles. The Morgan fingerprint density at radius 1 is 1.00 bits per heavy atom. The smallest absolute Gasteiger partial charge is 0.220 e. The minimum atomic E-state index is 0.00919. The molecule has 1 heterocycles. The maximum Gasteiger partial charge on any atom is 0.220 e. The van der Waals surface area contributed by atoms with Gasteiger partial charge in [0.1, 0.15) is 0 Å². The van der Waals surface area contributed by atoms with Gasteiger partial charge in [0.05, 0.1) is 34.5 Å². The van der Waals surface area contributed by atoms with E-state index in [1.54, 1.807) is 21.3 Å². The summed E-state index contributed by atoms with van der Waals surface area (Å²) in [6, 6.07) is 12.0. The van der Waals surface area contributed by atoms with Crippen LogP contribution in [0.1, 0.15) is 23.1 Å². The summed E-state index contributed by atoms with van der Waals surface area (Å²) in [7, 11) is 4.74. The molecule has 0 radical (unpaired) electrons. The van der Waals surface area contributed by atoms with E-state index in [2.05, 4.69) is 22.3 Å². The monoisotopic (exact) mass is 428 g/mol. The number of carbonyl (C=O) groups is 1. The topological polar surface area (TPSA) is 69.3 Å². The summed E-state index contributed by atoms with van der Waals surface area (Å²) in [5.74, 6) is 1.74. The molecule has 0 saturated carbocycles. The van der Waals surface area contributed by atoms with Gasteiger partial charge in [0.25, 0.3) is 0 Å². The molecule has 7 nitrogen and oxygen atoms in total. The van der Waals surface area contributed by atoms with Crippen LogP contribution in [0.15, 0.2) is 36.4 Å². The fourth-order valence-electron chi connectivity index (χ4n) is 3.70. The summed E-state index contributed by atoms with van der Waals surface area (Å²) < 4.78 is 21.6. The average Bonchev–Trinajstić information content (AvgIpc) is 2.82. The van der Waals surface area contributed by atoms with Gasteiger partial charge in [-0.15, -0.1) is 0 Å².